The second-order valence-electron chi connectivity index (χ2n) is 12.3. The van der Waals surface area contributed by atoms with E-state index < -0.39 is 33.5 Å². The number of Topliss-reactive ketones (excluding diaryl/α,β-unsaturated/α-hetero) is 3. The summed E-state index contributed by atoms with van der Waals surface area (Å²) in [6.45, 7) is 3.55. The average Bonchev–Trinajstić information content (AvgIpc) is 3.45. The number of ketones is 3. The quantitative estimate of drug-likeness (QED) is 0.219. The minimum atomic E-state index is -3.39. The van der Waals surface area contributed by atoms with Crippen molar-refractivity contribution >= 4 is 44.0 Å². The van der Waals surface area contributed by atoms with Crippen molar-refractivity contribution in [2.45, 2.75) is 69.7 Å². The molecule has 242 valence electrons. The van der Waals surface area contributed by atoms with Gasteiger partial charge in [-0.3, -0.25) is 19.2 Å². The van der Waals surface area contributed by atoms with Crippen LogP contribution < -0.4 is 14.8 Å². The third-order valence-electron chi connectivity index (χ3n) is 8.24. The average molecular weight is 639 g/mol. The van der Waals surface area contributed by atoms with Gasteiger partial charge in [-0.1, -0.05) is 26.3 Å². The Hall–Kier alpha value is -3.99. The largest absolute Gasteiger partial charge is 0.496 e. The Bertz CT molecular complexity index is 1640. The minimum absolute atomic E-state index is 0.0639. The normalized spacial score (nSPS) is 16.7. The van der Waals surface area contributed by atoms with Crippen LogP contribution in [0.3, 0.4) is 0 Å². The van der Waals surface area contributed by atoms with E-state index in [-0.39, 0.29) is 47.7 Å². The number of ether oxygens (including phenoxy) is 2. The Morgan fingerprint density at radius 1 is 1.07 bits per heavy atom. The van der Waals surface area contributed by atoms with Gasteiger partial charge in [0.25, 0.3) is 0 Å². The maximum Gasteiger partial charge on any atom is 0.224 e. The summed E-state index contributed by atoms with van der Waals surface area (Å²) in [5, 5.41) is 3.64. The number of amides is 1. The standard InChI is InChI=1S/C34H42N2O8S/c1-21(2)16-23(18-31(38)29-19-26-27(35-29)9-7-11-33(26)43-3)34(40)36-28(17-22-8-5-6-10-30(22)37)32(39)20-44-24-12-14-25(15-13-24)45(4,41)42/h7,9,11-15,19,21-23,28,35H,5-6,8,10,16-18,20H2,1-4H3,(H,36,40)/t22-,23+,28-/m0/s1. The lowest BCUT2D eigenvalue weighted by molar-refractivity contribution is -0.133. The van der Waals surface area contributed by atoms with E-state index in [4.69, 9.17) is 9.47 Å². The van der Waals surface area contributed by atoms with Crippen molar-refractivity contribution in [3.63, 3.8) is 0 Å². The number of benzene rings is 2. The fraction of sp³-hybridized carbons (Fsp3) is 0.471. The number of hydrogen-bond acceptors (Lipinski definition) is 8. The van der Waals surface area contributed by atoms with E-state index in [0.717, 1.165) is 30.0 Å². The highest BCUT2D eigenvalue weighted by Gasteiger charge is 2.33. The molecule has 0 spiro atoms. The van der Waals surface area contributed by atoms with Crippen molar-refractivity contribution in [1.29, 1.82) is 0 Å². The molecule has 1 aliphatic rings. The number of H-pyrrole nitrogens is 1. The number of hydrogen-bond donors (Lipinski definition) is 2. The van der Waals surface area contributed by atoms with Crippen molar-refractivity contribution in [1.82, 2.24) is 10.3 Å². The summed E-state index contributed by atoms with van der Waals surface area (Å²) in [5.41, 5.74) is 1.11. The molecule has 11 heteroatoms. The summed E-state index contributed by atoms with van der Waals surface area (Å²) in [6.07, 6.45) is 4.39. The van der Waals surface area contributed by atoms with Crippen LogP contribution in [-0.4, -0.2) is 62.7 Å². The van der Waals surface area contributed by atoms with Crippen LogP contribution in [0.5, 0.6) is 11.5 Å². The van der Waals surface area contributed by atoms with Gasteiger partial charge in [-0.05, 0) is 74.1 Å². The van der Waals surface area contributed by atoms with Crippen LogP contribution in [0.15, 0.2) is 53.4 Å². The number of carbonyl (C=O) groups is 4. The SMILES string of the molecule is COc1cccc2[nH]c(C(=O)C[C@@H](CC(C)C)C(=O)N[C@@H](C[C@@H]3CCCCC3=O)C(=O)COc3ccc(S(C)(=O)=O)cc3)cc12. The first-order valence-electron chi connectivity index (χ1n) is 15.3. The van der Waals surface area contributed by atoms with Crippen LogP contribution in [-0.2, 0) is 24.2 Å². The first-order valence-corrected chi connectivity index (χ1v) is 17.2. The van der Waals surface area contributed by atoms with Gasteiger partial charge in [0.1, 0.15) is 23.9 Å². The lowest BCUT2D eigenvalue weighted by atomic mass is 9.82. The summed E-state index contributed by atoms with van der Waals surface area (Å²) in [4.78, 5) is 56.5. The Labute approximate surface area is 264 Å². The number of sulfone groups is 1. The molecule has 0 bridgehead atoms. The summed E-state index contributed by atoms with van der Waals surface area (Å²) >= 11 is 0. The van der Waals surface area contributed by atoms with Gasteiger partial charge in [0.2, 0.25) is 5.91 Å². The zero-order valence-corrected chi connectivity index (χ0v) is 27.1. The molecule has 0 radical (unpaired) electrons. The van der Waals surface area contributed by atoms with E-state index in [2.05, 4.69) is 10.3 Å². The maximum absolute atomic E-state index is 13.7. The summed E-state index contributed by atoms with van der Waals surface area (Å²) < 4.78 is 34.6. The molecule has 1 amide bonds. The molecule has 1 fully saturated rings. The molecule has 10 nitrogen and oxygen atoms in total. The first kappa shape index (κ1) is 33.9. The third-order valence-corrected chi connectivity index (χ3v) is 9.37. The van der Waals surface area contributed by atoms with Crippen LogP contribution in [0.4, 0.5) is 0 Å². The summed E-state index contributed by atoms with van der Waals surface area (Å²) in [7, 11) is -1.83. The van der Waals surface area contributed by atoms with Crippen molar-refractivity contribution in [3.8, 4) is 11.5 Å². The van der Waals surface area contributed by atoms with Crippen LogP contribution in [0.1, 0.15) is 69.3 Å². The molecule has 2 N–H and O–H groups in total. The highest BCUT2D eigenvalue weighted by Crippen LogP contribution is 2.29. The number of rotatable bonds is 15. The Balaban J connectivity index is 1.50. The first-order chi connectivity index (χ1) is 21.3. The number of fused-ring (bicyclic) bond motifs is 1. The molecule has 45 heavy (non-hydrogen) atoms. The van der Waals surface area contributed by atoms with Crippen LogP contribution in [0.25, 0.3) is 10.9 Å². The van der Waals surface area contributed by atoms with E-state index in [1.807, 2.05) is 32.0 Å². The highest BCUT2D eigenvalue weighted by atomic mass is 32.2. The van der Waals surface area contributed by atoms with Crippen LogP contribution >= 0.6 is 0 Å². The molecule has 1 heterocycles. The number of methoxy groups -OCH3 is 1. The second-order valence-corrected chi connectivity index (χ2v) is 14.3. The molecule has 3 aromatic rings. The van der Waals surface area contributed by atoms with Crippen molar-refractivity contribution in [3.05, 3.63) is 54.2 Å². The second kappa shape index (κ2) is 14.9. The molecule has 1 aliphatic carbocycles. The Kier molecular flexibility index (Phi) is 11.2. The van der Waals surface area contributed by atoms with Gasteiger partial charge < -0.3 is 19.8 Å². The Morgan fingerprint density at radius 3 is 2.44 bits per heavy atom. The predicted molar refractivity (Wildman–Crippen MR) is 170 cm³/mol. The molecule has 1 saturated carbocycles. The van der Waals surface area contributed by atoms with Gasteiger partial charge >= 0.3 is 0 Å². The van der Waals surface area contributed by atoms with E-state index in [0.29, 0.717) is 36.5 Å². The predicted octanol–water partition coefficient (Wildman–Crippen LogP) is 5.10. The molecular formula is C34H42N2O8S. The number of aromatic amines is 1. The van der Waals surface area contributed by atoms with Crippen molar-refractivity contribution in [2.24, 2.45) is 17.8 Å². The summed E-state index contributed by atoms with van der Waals surface area (Å²) in [6, 6.07) is 11.9. The number of nitrogens with one attached hydrogen (secondary N) is 2. The zero-order chi connectivity index (χ0) is 32.7. The van der Waals surface area contributed by atoms with Crippen molar-refractivity contribution in [2.75, 3.05) is 20.0 Å². The van der Waals surface area contributed by atoms with Gasteiger partial charge in [0.05, 0.1) is 23.7 Å². The maximum atomic E-state index is 13.7. The van der Waals surface area contributed by atoms with Gasteiger partial charge in [0, 0.05) is 41.8 Å². The van der Waals surface area contributed by atoms with E-state index in [1.165, 1.54) is 24.3 Å². The summed E-state index contributed by atoms with van der Waals surface area (Å²) in [5.74, 6) is -1.02. The molecule has 0 unspecified atom stereocenters. The van der Waals surface area contributed by atoms with Gasteiger partial charge in [-0.2, -0.15) is 0 Å². The molecule has 2 aromatic carbocycles. The van der Waals surface area contributed by atoms with Crippen LogP contribution in [0.2, 0.25) is 0 Å². The molecule has 0 aliphatic heterocycles. The third kappa shape index (κ3) is 9.03. The van der Waals surface area contributed by atoms with Crippen LogP contribution in [0, 0.1) is 17.8 Å². The molecule has 4 rings (SSSR count). The monoisotopic (exact) mass is 638 g/mol. The number of aromatic nitrogens is 1. The zero-order valence-electron chi connectivity index (χ0n) is 26.3. The fourth-order valence-electron chi connectivity index (χ4n) is 5.83. The van der Waals surface area contributed by atoms with Gasteiger partial charge in [-0.15, -0.1) is 0 Å². The molecule has 1 aromatic heterocycles. The van der Waals surface area contributed by atoms with Gasteiger partial charge in [-0.25, -0.2) is 8.42 Å². The smallest absolute Gasteiger partial charge is 0.224 e. The topological polar surface area (TPSA) is 149 Å². The minimum Gasteiger partial charge on any atom is -0.496 e. The van der Waals surface area contributed by atoms with E-state index >= 15 is 0 Å². The van der Waals surface area contributed by atoms with E-state index in [1.54, 1.807) is 13.2 Å². The van der Waals surface area contributed by atoms with Gasteiger partial charge in [0.15, 0.2) is 21.4 Å². The molecular weight excluding hydrogens is 596 g/mol. The highest BCUT2D eigenvalue weighted by molar-refractivity contribution is 7.90. The van der Waals surface area contributed by atoms with Crippen molar-refractivity contribution < 1.29 is 37.1 Å². The fourth-order valence-corrected chi connectivity index (χ4v) is 6.46. The lowest BCUT2D eigenvalue weighted by Crippen LogP contribution is -2.47. The Morgan fingerprint density at radius 2 is 1.80 bits per heavy atom. The number of carbonyl (C=O) groups excluding carboxylic acids is 4. The lowest BCUT2D eigenvalue weighted by Gasteiger charge is -2.27. The molecule has 3 atom stereocenters. The molecule has 0 saturated heterocycles. The van der Waals surface area contributed by atoms with E-state index in [9.17, 15) is 27.6 Å².